The molecule has 0 saturated carbocycles. The third-order valence-electron chi connectivity index (χ3n) is 3.53. The summed E-state index contributed by atoms with van der Waals surface area (Å²) in [4.78, 5) is 6.21. The largest absolute Gasteiger partial charge is 0.369 e. The summed E-state index contributed by atoms with van der Waals surface area (Å²) in [7, 11) is 0. The molecule has 0 saturated heterocycles. The van der Waals surface area contributed by atoms with Gasteiger partial charge >= 0.3 is 0 Å². The molecule has 1 atom stereocenters. The van der Waals surface area contributed by atoms with Gasteiger partial charge < -0.3 is 10.6 Å². The fourth-order valence-corrected chi connectivity index (χ4v) is 2.84. The summed E-state index contributed by atoms with van der Waals surface area (Å²) in [5, 5.41) is 0.375. The maximum atomic E-state index is 13.6. The van der Waals surface area contributed by atoms with Crippen LogP contribution in [0.25, 0.3) is 0 Å². The average Bonchev–Trinajstić information content (AvgIpc) is 2.79. The van der Waals surface area contributed by atoms with E-state index in [-0.39, 0.29) is 11.9 Å². The second-order valence-electron chi connectivity index (χ2n) is 5.13. The Labute approximate surface area is 127 Å². The molecule has 0 aromatic heterocycles. The van der Waals surface area contributed by atoms with E-state index in [4.69, 9.17) is 17.3 Å². The van der Waals surface area contributed by atoms with Crippen molar-refractivity contribution in [3.63, 3.8) is 0 Å². The molecule has 108 valence electrons. The molecule has 0 spiro atoms. The molecule has 0 radical (unpaired) electrons. The molecule has 3 rings (SSSR count). The highest BCUT2D eigenvalue weighted by molar-refractivity contribution is 6.30. The minimum absolute atomic E-state index is 0.139. The third-order valence-corrected chi connectivity index (χ3v) is 3.75. The summed E-state index contributed by atoms with van der Waals surface area (Å²) in [6, 6.07) is 12.4. The summed E-state index contributed by atoms with van der Waals surface area (Å²) in [5.74, 6) is 0.0816. The monoisotopic (exact) mass is 303 g/mol. The van der Waals surface area contributed by atoms with Crippen molar-refractivity contribution in [2.24, 2.45) is 10.7 Å². The zero-order valence-electron chi connectivity index (χ0n) is 11.6. The SMILES string of the molecule is Cc1cccc(N2C(N)=NCC2c2cc(F)cc(Cl)c2)c1. The summed E-state index contributed by atoms with van der Waals surface area (Å²) < 4.78 is 13.6. The van der Waals surface area contributed by atoms with Crippen molar-refractivity contribution in [1.82, 2.24) is 0 Å². The molecule has 0 aliphatic carbocycles. The van der Waals surface area contributed by atoms with Gasteiger partial charge in [-0.3, -0.25) is 4.99 Å². The topological polar surface area (TPSA) is 41.6 Å². The van der Waals surface area contributed by atoms with Crippen molar-refractivity contribution in [3.8, 4) is 0 Å². The fourth-order valence-electron chi connectivity index (χ4n) is 2.61. The van der Waals surface area contributed by atoms with E-state index in [0.717, 1.165) is 16.8 Å². The molecular formula is C16H15ClFN3. The van der Waals surface area contributed by atoms with Gasteiger partial charge in [-0.25, -0.2) is 4.39 Å². The second kappa shape index (κ2) is 5.37. The average molecular weight is 304 g/mol. The van der Waals surface area contributed by atoms with Crippen molar-refractivity contribution in [2.45, 2.75) is 13.0 Å². The Kier molecular flexibility index (Phi) is 3.55. The van der Waals surface area contributed by atoms with E-state index in [1.807, 2.05) is 36.1 Å². The summed E-state index contributed by atoms with van der Waals surface area (Å²) >= 11 is 5.96. The Hall–Kier alpha value is -2.07. The van der Waals surface area contributed by atoms with Crippen LogP contribution in [0.3, 0.4) is 0 Å². The summed E-state index contributed by atoms with van der Waals surface area (Å²) in [5.41, 5.74) is 8.85. The Bertz CT molecular complexity index is 694. The van der Waals surface area contributed by atoms with E-state index >= 15 is 0 Å². The number of nitrogens with two attached hydrogens (primary N) is 1. The first-order valence-corrected chi connectivity index (χ1v) is 7.04. The molecule has 2 N–H and O–H groups in total. The lowest BCUT2D eigenvalue weighted by Crippen LogP contribution is -2.36. The van der Waals surface area contributed by atoms with Gasteiger partial charge in [-0.05, 0) is 48.4 Å². The standard InChI is InChI=1S/C16H15ClFN3/c1-10-3-2-4-14(5-10)21-15(9-20-16(21)19)11-6-12(17)8-13(18)7-11/h2-8,15H,9H2,1H3,(H2,19,20). The number of hydrogen-bond acceptors (Lipinski definition) is 3. The number of aryl methyl sites for hydroxylation is 1. The molecule has 0 bridgehead atoms. The van der Waals surface area contributed by atoms with E-state index in [1.54, 1.807) is 6.07 Å². The number of hydrogen-bond donors (Lipinski definition) is 1. The summed E-state index contributed by atoms with van der Waals surface area (Å²) in [6.07, 6.45) is 0. The van der Waals surface area contributed by atoms with Gasteiger partial charge in [-0.15, -0.1) is 0 Å². The minimum Gasteiger partial charge on any atom is -0.369 e. The Morgan fingerprint density at radius 3 is 2.81 bits per heavy atom. The van der Waals surface area contributed by atoms with Gasteiger partial charge in [-0.1, -0.05) is 23.7 Å². The van der Waals surface area contributed by atoms with Gasteiger partial charge in [0.2, 0.25) is 0 Å². The molecule has 0 fully saturated rings. The Morgan fingerprint density at radius 1 is 1.29 bits per heavy atom. The molecule has 3 nitrogen and oxygen atoms in total. The molecule has 1 aliphatic heterocycles. The van der Waals surface area contributed by atoms with Crippen LogP contribution in [0.5, 0.6) is 0 Å². The quantitative estimate of drug-likeness (QED) is 0.920. The van der Waals surface area contributed by atoms with E-state index in [0.29, 0.717) is 17.5 Å². The Morgan fingerprint density at radius 2 is 2.10 bits per heavy atom. The van der Waals surface area contributed by atoms with Crippen LogP contribution in [0.2, 0.25) is 5.02 Å². The molecular weight excluding hydrogens is 289 g/mol. The van der Waals surface area contributed by atoms with E-state index in [2.05, 4.69) is 4.99 Å². The number of halogens is 2. The maximum absolute atomic E-state index is 13.6. The molecule has 5 heteroatoms. The molecule has 2 aromatic rings. The van der Waals surface area contributed by atoms with Crippen LogP contribution in [0.1, 0.15) is 17.2 Å². The zero-order valence-corrected chi connectivity index (χ0v) is 12.3. The lowest BCUT2D eigenvalue weighted by atomic mass is 10.0. The van der Waals surface area contributed by atoms with E-state index in [1.165, 1.54) is 12.1 Å². The highest BCUT2D eigenvalue weighted by Crippen LogP contribution is 2.32. The van der Waals surface area contributed by atoms with Crippen LogP contribution < -0.4 is 10.6 Å². The molecule has 21 heavy (non-hydrogen) atoms. The van der Waals surface area contributed by atoms with Crippen molar-refractivity contribution in [2.75, 3.05) is 11.4 Å². The predicted molar refractivity (Wildman–Crippen MR) is 84.3 cm³/mol. The third kappa shape index (κ3) is 2.72. The van der Waals surface area contributed by atoms with Gasteiger partial charge in [0.25, 0.3) is 0 Å². The number of benzene rings is 2. The van der Waals surface area contributed by atoms with Crippen molar-refractivity contribution < 1.29 is 4.39 Å². The van der Waals surface area contributed by atoms with Crippen molar-refractivity contribution >= 4 is 23.2 Å². The van der Waals surface area contributed by atoms with Gasteiger partial charge in [-0.2, -0.15) is 0 Å². The summed E-state index contributed by atoms with van der Waals surface area (Å²) in [6.45, 7) is 2.50. The molecule has 1 heterocycles. The fraction of sp³-hybridized carbons (Fsp3) is 0.188. The van der Waals surface area contributed by atoms with Crippen molar-refractivity contribution in [1.29, 1.82) is 0 Å². The number of guanidine groups is 1. The van der Waals surface area contributed by atoms with E-state index in [9.17, 15) is 4.39 Å². The van der Waals surface area contributed by atoms with Crippen LogP contribution in [0, 0.1) is 12.7 Å². The lowest BCUT2D eigenvalue weighted by Gasteiger charge is -2.27. The van der Waals surface area contributed by atoms with Crippen LogP contribution in [-0.4, -0.2) is 12.5 Å². The van der Waals surface area contributed by atoms with Gasteiger partial charge in [0.1, 0.15) is 5.82 Å². The smallest absolute Gasteiger partial charge is 0.196 e. The second-order valence-corrected chi connectivity index (χ2v) is 5.56. The maximum Gasteiger partial charge on any atom is 0.196 e. The van der Waals surface area contributed by atoms with Crippen LogP contribution >= 0.6 is 11.6 Å². The predicted octanol–water partition coefficient (Wildman–Crippen LogP) is 3.66. The molecule has 2 aromatic carbocycles. The van der Waals surface area contributed by atoms with Gasteiger partial charge in [0.05, 0.1) is 12.6 Å². The van der Waals surface area contributed by atoms with Crippen LogP contribution in [0.15, 0.2) is 47.5 Å². The highest BCUT2D eigenvalue weighted by Gasteiger charge is 2.29. The first kappa shape index (κ1) is 13.9. The van der Waals surface area contributed by atoms with Gasteiger partial charge in [0.15, 0.2) is 5.96 Å². The zero-order chi connectivity index (χ0) is 15.0. The lowest BCUT2D eigenvalue weighted by molar-refractivity contribution is 0.621. The van der Waals surface area contributed by atoms with Crippen molar-refractivity contribution in [3.05, 3.63) is 64.4 Å². The minimum atomic E-state index is -0.354. The normalized spacial score (nSPS) is 18.0. The number of aliphatic imine (C=N–C) groups is 1. The molecule has 1 unspecified atom stereocenters. The Balaban J connectivity index is 2.02. The number of nitrogens with zero attached hydrogens (tertiary/aromatic N) is 2. The molecule has 0 amide bonds. The number of rotatable bonds is 2. The van der Waals surface area contributed by atoms with Crippen LogP contribution in [0.4, 0.5) is 10.1 Å². The number of anilines is 1. The first-order chi connectivity index (χ1) is 10.0. The van der Waals surface area contributed by atoms with E-state index < -0.39 is 0 Å². The van der Waals surface area contributed by atoms with Gasteiger partial charge in [0, 0.05) is 10.7 Å². The van der Waals surface area contributed by atoms with Crippen LogP contribution in [-0.2, 0) is 0 Å². The highest BCUT2D eigenvalue weighted by atomic mass is 35.5. The first-order valence-electron chi connectivity index (χ1n) is 6.66. The molecule has 1 aliphatic rings.